The molecule has 0 saturated heterocycles. The van der Waals surface area contributed by atoms with E-state index >= 15 is 0 Å². The Hall–Kier alpha value is -2.27. The van der Waals surface area contributed by atoms with Crippen LogP contribution >= 0.6 is 11.8 Å². The second-order valence-corrected chi connectivity index (χ2v) is 6.80. The van der Waals surface area contributed by atoms with Crippen molar-refractivity contribution in [2.24, 2.45) is 0 Å². The molecule has 25 heavy (non-hydrogen) atoms. The number of esters is 1. The van der Waals surface area contributed by atoms with Crippen LogP contribution in [0.25, 0.3) is 0 Å². The predicted molar refractivity (Wildman–Crippen MR) is 100 cm³/mol. The second kappa shape index (κ2) is 10.6. The smallest absolute Gasteiger partial charge is 0.316 e. The second-order valence-electron chi connectivity index (χ2n) is 5.76. The average molecular weight is 357 g/mol. The molecule has 2 aromatic carbocycles. The monoisotopic (exact) mass is 357 g/mol. The number of hydrogen-bond acceptors (Lipinski definition) is 4. The summed E-state index contributed by atoms with van der Waals surface area (Å²) in [6, 6.07) is 19.8. The van der Waals surface area contributed by atoms with Crippen molar-refractivity contribution in [3.8, 4) is 0 Å². The van der Waals surface area contributed by atoms with Gasteiger partial charge in [0.15, 0.2) is 6.61 Å². The standard InChI is InChI=1S/C20H23NO3S/c1-16(12-13-17-8-4-2-5-9-17)21-19(22)14-24-20(23)15-25-18-10-6-3-7-11-18/h2-11,16H,12-15H2,1H3,(H,21,22)/t16-/m1/s1. The largest absolute Gasteiger partial charge is 0.455 e. The van der Waals surface area contributed by atoms with Crippen LogP contribution < -0.4 is 5.32 Å². The molecule has 5 heteroatoms. The zero-order chi connectivity index (χ0) is 17.9. The van der Waals surface area contributed by atoms with Crippen molar-refractivity contribution in [1.29, 1.82) is 0 Å². The van der Waals surface area contributed by atoms with Crippen LogP contribution in [0.1, 0.15) is 18.9 Å². The highest BCUT2D eigenvalue weighted by molar-refractivity contribution is 8.00. The number of carbonyl (C=O) groups is 2. The first-order chi connectivity index (χ1) is 12.1. The van der Waals surface area contributed by atoms with Crippen molar-refractivity contribution < 1.29 is 14.3 Å². The van der Waals surface area contributed by atoms with Gasteiger partial charge < -0.3 is 10.1 Å². The summed E-state index contributed by atoms with van der Waals surface area (Å²) in [7, 11) is 0. The van der Waals surface area contributed by atoms with Gasteiger partial charge >= 0.3 is 5.97 Å². The summed E-state index contributed by atoms with van der Waals surface area (Å²) in [4.78, 5) is 24.5. The first-order valence-electron chi connectivity index (χ1n) is 8.30. The summed E-state index contributed by atoms with van der Waals surface area (Å²) in [6.45, 7) is 1.72. The van der Waals surface area contributed by atoms with Crippen molar-refractivity contribution in [3.63, 3.8) is 0 Å². The lowest BCUT2D eigenvalue weighted by atomic mass is 10.1. The number of carbonyl (C=O) groups excluding carboxylic acids is 2. The molecule has 0 aromatic heterocycles. The summed E-state index contributed by atoms with van der Waals surface area (Å²) >= 11 is 1.39. The Morgan fingerprint density at radius 2 is 1.68 bits per heavy atom. The fourth-order valence-corrected chi connectivity index (χ4v) is 2.98. The number of benzene rings is 2. The lowest BCUT2D eigenvalue weighted by molar-refractivity contribution is -0.146. The van der Waals surface area contributed by atoms with Gasteiger partial charge in [0, 0.05) is 10.9 Å². The van der Waals surface area contributed by atoms with Crippen molar-refractivity contribution >= 4 is 23.6 Å². The summed E-state index contributed by atoms with van der Waals surface area (Å²) in [5.41, 5.74) is 1.24. The van der Waals surface area contributed by atoms with Crippen LogP contribution in [0, 0.1) is 0 Å². The predicted octanol–water partition coefficient (Wildman–Crippen LogP) is 3.46. The van der Waals surface area contributed by atoms with Gasteiger partial charge in [-0.3, -0.25) is 9.59 Å². The lowest BCUT2D eigenvalue weighted by Crippen LogP contribution is -2.36. The van der Waals surface area contributed by atoms with Gasteiger partial charge in [0.05, 0.1) is 5.75 Å². The minimum Gasteiger partial charge on any atom is -0.455 e. The number of amides is 1. The highest BCUT2D eigenvalue weighted by Gasteiger charge is 2.11. The average Bonchev–Trinajstić information content (AvgIpc) is 2.65. The molecule has 0 bridgehead atoms. The lowest BCUT2D eigenvalue weighted by Gasteiger charge is -2.14. The molecular weight excluding hydrogens is 334 g/mol. The van der Waals surface area contributed by atoms with Crippen LogP contribution in [0.3, 0.4) is 0 Å². The molecular formula is C20H23NO3S. The summed E-state index contributed by atoms with van der Waals surface area (Å²) in [5.74, 6) is -0.458. The minimum atomic E-state index is -0.388. The number of nitrogens with one attached hydrogen (secondary N) is 1. The molecule has 0 aliphatic heterocycles. The summed E-state index contributed by atoms with van der Waals surface area (Å²) in [5, 5.41) is 2.86. The van der Waals surface area contributed by atoms with Crippen molar-refractivity contribution in [3.05, 3.63) is 66.2 Å². The normalized spacial score (nSPS) is 11.6. The van der Waals surface area contributed by atoms with E-state index in [0.29, 0.717) is 0 Å². The van der Waals surface area contributed by atoms with Crippen LogP contribution in [0.2, 0.25) is 0 Å². The quantitative estimate of drug-likeness (QED) is 0.552. The van der Waals surface area contributed by atoms with Gasteiger partial charge in [-0.15, -0.1) is 11.8 Å². The molecule has 0 fully saturated rings. The molecule has 0 aliphatic rings. The van der Waals surface area contributed by atoms with Gasteiger partial charge in [-0.1, -0.05) is 48.5 Å². The van der Waals surface area contributed by atoms with Crippen LogP contribution in [-0.4, -0.2) is 30.3 Å². The van der Waals surface area contributed by atoms with E-state index in [0.717, 1.165) is 17.7 Å². The molecule has 0 spiro atoms. The van der Waals surface area contributed by atoms with Crippen LogP contribution in [0.15, 0.2) is 65.6 Å². The van der Waals surface area contributed by atoms with Gasteiger partial charge in [0.2, 0.25) is 0 Å². The van der Waals surface area contributed by atoms with Gasteiger partial charge in [0.1, 0.15) is 0 Å². The Bertz CT molecular complexity index is 661. The van der Waals surface area contributed by atoms with Gasteiger partial charge in [0.25, 0.3) is 5.91 Å². The Labute approximate surface area is 153 Å². The number of aryl methyl sites for hydroxylation is 1. The molecule has 0 heterocycles. The molecule has 2 rings (SSSR count). The molecule has 0 radical (unpaired) electrons. The van der Waals surface area contributed by atoms with E-state index in [4.69, 9.17) is 4.74 Å². The summed E-state index contributed by atoms with van der Waals surface area (Å²) in [6.07, 6.45) is 1.74. The van der Waals surface area contributed by atoms with Crippen molar-refractivity contribution in [2.45, 2.75) is 30.7 Å². The third-order valence-corrected chi connectivity index (χ3v) is 4.57. The maximum atomic E-state index is 11.8. The van der Waals surface area contributed by atoms with Gasteiger partial charge in [-0.25, -0.2) is 0 Å². The first kappa shape index (κ1) is 19.1. The zero-order valence-corrected chi connectivity index (χ0v) is 15.1. The first-order valence-corrected chi connectivity index (χ1v) is 9.29. The zero-order valence-electron chi connectivity index (χ0n) is 14.3. The third-order valence-electron chi connectivity index (χ3n) is 3.58. The topological polar surface area (TPSA) is 55.4 Å². The molecule has 0 aliphatic carbocycles. The number of hydrogen-bond donors (Lipinski definition) is 1. The van der Waals surface area contributed by atoms with E-state index < -0.39 is 0 Å². The van der Waals surface area contributed by atoms with Gasteiger partial charge in [-0.2, -0.15) is 0 Å². The fraction of sp³-hybridized carbons (Fsp3) is 0.300. The van der Waals surface area contributed by atoms with E-state index in [2.05, 4.69) is 17.4 Å². The molecule has 2 aromatic rings. The van der Waals surface area contributed by atoms with Crippen LogP contribution in [-0.2, 0) is 20.7 Å². The molecule has 0 saturated carbocycles. The van der Waals surface area contributed by atoms with Crippen molar-refractivity contribution in [1.82, 2.24) is 5.32 Å². The van der Waals surface area contributed by atoms with E-state index in [1.807, 2.05) is 55.5 Å². The minimum absolute atomic E-state index is 0.0325. The SMILES string of the molecule is C[C@H](CCc1ccccc1)NC(=O)COC(=O)CSc1ccccc1. The number of rotatable bonds is 9. The molecule has 1 N–H and O–H groups in total. The van der Waals surface area contributed by atoms with E-state index in [9.17, 15) is 9.59 Å². The molecule has 4 nitrogen and oxygen atoms in total. The maximum Gasteiger partial charge on any atom is 0.316 e. The van der Waals surface area contributed by atoms with E-state index in [1.165, 1.54) is 17.3 Å². The highest BCUT2D eigenvalue weighted by Crippen LogP contribution is 2.16. The maximum absolute atomic E-state index is 11.8. The Balaban J connectivity index is 1.60. The van der Waals surface area contributed by atoms with Crippen LogP contribution in [0.5, 0.6) is 0 Å². The Morgan fingerprint density at radius 1 is 1.04 bits per heavy atom. The highest BCUT2D eigenvalue weighted by atomic mass is 32.2. The van der Waals surface area contributed by atoms with E-state index in [-0.39, 0.29) is 30.3 Å². The Kier molecular flexibility index (Phi) is 8.05. The van der Waals surface area contributed by atoms with Crippen molar-refractivity contribution in [2.75, 3.05) is 12.4 Å². The molecule has 132 valence electrons. The molecule has 1 atom stereocenters. The molecule has 0 unspecified atom stereocenters. The Morgan fingerprint density at radius 3 is 2.36 bits per heavy atom. The molecule has 1 amide bonds. The number of thioether (sulfide) groups is 1. The van der Waals surface area contributed by atoms with Crippen LogP contribution in [0.4, 0.5) is 0 Å². The third kappa shape index (κ3) is 7.90. The fourth-order valence-electron chi connectivity index (χ4n) is 2.26. The van der Waals surface area contributed by atoms with E-state index in [1.54, 1.807) is 0 Å². The number of ether oxygens (including phenoxy) is 1. The van der Waals surface area contributed by atoms with Gasteiger partial charge in [-0.05, 0) is 37.5 Å². The summed E-state index contributed by atoms with van der Waals surface area (Å²) < 4.78 is 5.02.